The van der Waals surface area contributed by atoms with Crippen molar-refractivity contribution in [3.05, 3.63) is 144 Å². The van der Waals surface area contributed by atoms with E-state index in [9.17, 15) is 4.79 Å². The van der Waals surface area contributed by atoms with Crippen molar-refractivity contribution in [2.75, 3.05) is 6.61 Å². The number of hydrogen-bond donors (Lipinski definition) is 0. The van der Waals surface area contributed by atoms with Gasteiger partial charge in [-0.25, -0.2) is 4.79 Å². The summed E-state index contributed by atoms with van der Waals surface area (Å²) in [5.74, 6) is -0.258. The van der Waals surface area contributed by atoms with E-state index in [1.165, 1.54) is 27.8 Å². The van der Waals surface area contributed by atoms with E-state index in [1.807, 2.05) is 32.0 Å². The van der Waals surface area contributed by atoms with Crippen LogP contribution in [0.1, 0.15) is 30.5 Å². The van der Waals surface area contributed by atoms with Gasteiger partial charge in [0.05, 0.1) is 6.61 Å². The highest BCUT2D eigenvalue weighted by Gasteiger charge is 2.20. The Morgan fingerprint density at radius 2 is 1.19 bits per heavy atom. The molecule has 4 rings (SSSR count). The quantitative estimate of drug-likeness (QED) is 0.162. The predicted octanol–water partition coefficient (Wildman–Crippen LogP) is 7.48. The highest BCUT2D eigenvalue weighted by Crippen LogP contribution is 2.23. The maximum atomic E-state index is 12.6. The third-order valence-electron chi connectivity index (χ3n) is 6.47. The minimum atomic E-state index is -0.258. The molecule has 0 fully saturated rings. The van der Waals surface area contributed by atoms with E-state index < -0.39 is 0 Å². The summed E-state index contributed by atoms with van der Waals surface area (Å²) in [7, 11) is 0. The third kappa shape index (κ3) is 7.77. The number of esters is 1. The number of carbonyl (C=O) groups is 1. The van der Waals surface area contributed by atoms with Crippen molar-refractivity contribution in [2.45, 2.75) is 39.4 Å². The molecule has 0 amide bonds. The monoisotopic (exact) mass is 489 g/mol. The molecule has 0 N–H and O–H groups in total. The second kappa shape index (κ2) is 13.4. The second-order valence-corrected chi connectivity index (χ2v) is 9.28. The molecule has 3 heteroatoms. The lowest BCUT2D eigenvalue weighted by molar-refractivity contribution is -0.138. The Labute approximate surface area is 221 Å². The lowest BCUT2D eigenvalue weighted by atomic mass is 9.98. The van der Waals surface area contributed by atoms with Gasteiger partial charge in [0.15, 0.2) is 0 Å². The standard InChI is InChI=1S/C34H35NO2/c1-3-37-34(36)27(2)23-33(24-28-19-21-32(22-20-28)31-17-11-6-12-18-31)35(25-29-13-7-4-8-14-29)26-30-15-9-5-10-16-30/h4-23,33H,3,24-26H2,1-2H3/b27-23-. The average molecular weight is 490 g/mol. The van der Waals surface area contributed by atoms with Crippen molar-refractivity contribution in [1.29, 1.82) is 0 Å². The van der Waals surface area contributed by atoms with Gasteiger partial charge >= 0.3 is 5.97 Å². The lowest BCUT2D eigenvalue weighted by Crippen LogP contribution is -2.35. The van der Waals surface area contributed by atoms with Gasteiger partial charge in [-0.1, -0.05) is 121 Å². The molecule has 4 aromatic carbocycles. The van der Waals surface area contributed by atoms with Gasteiger partial charge in [0, 0.05) is 24.7 Å². The fourth-order valence-corrected chi connectivity index (χ4v) is 4.53. The van der Waals surface area contributed by atoms with Gasteiger partial charge in [-0.15, -0.1) is 0 Å². The molecule has 0 bridgehead atoms. The Morgan fingerprint density at radius 3 is 1.70 bits per heavy atom. The average Bonchev–Trinajstić information content (AvgIpc) is 2.94. The van der Waals surface area contributed by atoms with Crippen molar-refractivity contribution in [1.82, 2.24) is 4.90 Å². The number of ether oxygens (including phenoxy) is 1. The molecule has 37 heavy (non-hydrogen) atoms. The Morgan fingerprint density at radius 1 is 0.703 bits per heavy atom. The topological polar surface area (TPSA) is 29.5 Å². The van der Waals surface area contributed by atoms with Gasteiger partial charge in [0.1, 0.15) is 0 Å². The molecule has 0 saturated carbocycles. The molecule has 1 unspecified atom stereocenters. The van der Waals surface area contributed by atoms with Crippen LogP contribution in [0.5, 0.6) is 0 Å². The lowest BCUT2D eigenvalue weighted by Gasteiger charge is -2.31. The summed E-state index contributed by atoms with van der Waals surface area (Å²) in [5.41, 5.74) is 6.75. The molecule has 3 nitrogen and oxygen atoms in total. The molecular weight excluding hydrogens is 454 g/mol. The molecule has 0 spiro atoms. The minimum absolute atomic E-state index is 0.00685. The highest BCUT2D eigenvalue weighted by molar-refractivity contribution is 5.87. The summed E-state index contributed by atoms with van der Waals surface area (Å²) in [6, 6.07) is 40.2. The van der Waals surface area contributed by atoms with E-state index in [4.69, 9.17) is 4.74 Å². The van der Waals surface area contributed by atoms with E-state index in [-0.39, 0.29) is 12.0 Å². The van der Waals surface area contributed by atoms with Crippen LogP contribution in [0, 0.1) is 0 Å². The van der Waals surface area contributed by atoms with E-state index in [0.29, 0.717) is 12.2 Å². The smallest absolute Gasteiger partial charge is 0.333 e. The zero-order valence-corrected chi connectivity index (χ0v) is 21.7. The first kappa shape index (κ1) is 26.1. The van der Waals surface area contributed by atoms with E-state index in [2.05, 4.69) is 108 Å². The maximum Gasteiger partial charge on any atom is 0.333 e. The van der Waals surface area contributed by atoms with E-state index in [0.717, 1.165) is 19.5 Å². The molecule has 0 aliphatic rings. The predicted molar refractivity (Wildman–Crippen MR) is 152 cm³/mol. The molecule has 4 aromatic rings. The largest absolute Gasteiger partial charge is 0.463 e. The summed E-state index contributed by atoms with van der Waals surface area (Å²) >= 11 is 0. The maximum absolute atomic E-state index is 12.6. The van der Waals surface area contributed by atoms with Crippen molar-refractivity contribution in [3.8, 4) is 11.1 Å². The van der Waals surface area contributed by atoms with Crippen molar-refractivity contribution in [2.24, 2.45) is 0 Å². The normalized spacial score (nSPS) is 12.4. The summed E-state index contributed by atoms with van der Waals surface area (Å²) < 4.78 is 5.31. The summed E-state index contributed by atoms with van der Waals surface area (Å²) in [5, 5.41) is 0. The van der Waals surface area contributed by atoms with Gasteiger partial charge in [-0.2, -0.15) is 0 Å². The van der Waals surface area contributed by atoms with Gasteiger partial charge < -0.3 is 4.74 Å². The SMILES string of the molecule is CCOC(=O)/C(C)=C\C(Cc1ccc(-c2ccccc2)cc1)N(Cc1ccccc1)Cc1ccccc1. The van der Waals surface area contributed by atoms with Crippen LogP contribution in [0.15, 0.2) is 127 Å². The van der Waals surface area contributed by atoms with E-state index >= 15 is 0 Å². The molecule has 0 aliphatic heterocycles. The number of carbonyl (C=O) groups excluding carboxylic acids is 1. The third-order valence-corrected chi connectivity index (χ3v) is 6.47. The van der Waals surface area contributed by atoms with E-state index in [1.54, 1.807) is 0 Å². The number of rotatable bonds is 11. The Kier molecular flexibility index (Phi) is 9.45. The zero-order valence-electron chi connectivity index (χ0n) is 21.7. The second-order valence-electron chi connectivity index (χ2n) is 9.28. The summed E-state index contributed by atoms with van der Waals surface area (Å²) in [4.78, 5) is 15.0. The van der Waals surface area contributed by atoms with Crippen molar-refractivity contribution < 1.29 is 9.53 Å². The number of hydrogen-bond acceptors (Lipinski definition) is 3. The molecule has 0 radical (unpaired) electrons. The molecule has 0 aliphatic carbocycles. The van der Waals surface area contributed by atoms with Crippen LogP contribution in [-0.2, 0) is 29.0 Å². The first-order chi connectivity index (χ1) is 18.1. The van der Waals surface area contributed by atoms with Crippen LogP contribution in [-0.4, -0.2) is 23.5 Å². The molecule has 1 atom stereocenters. The first-order valence-corrected chi connectivity index (χ1v) is 12.9. The zero-order chi connectivity index (χ0) is 25.9. The van der Waals surface area contributed by atoms with Crippen molar-refractivity contribution >= 4 is 5.97 Å². The molecular formula is C34H35NO2. The molecule has 0 saturated heterocycles. The summed E-state index contributed by atoms with van der Waals surface area (Å²) in [6.07, 6.45) is 2.86. The van der Waals surface area contributed by atoms with Crippen LogP contribution in [0.3, 0.4) is 0 Å². The van der Waals surface area contributed by atoms with Gasteiger partial charge in [-0.3, -0.25) is 4.90 Å². The van der Waals surface area contributed by atoms with Crippen molar-refractivity contribution in [3.63, 3.8) is 0 Å². The van der Waals surface area contributed by atoms with Crippen LogP contribution < -0.4 is 0 Å². The van der Waals surface area contributed by atoms with Crippen LogP contribution >= 0.6 is 0 Å². The van der Waals surface area contributed by atoms with Crippen LogP contribution in [0.2, 0.25) is 0 Å². The summed E-state index contributed by atoms with van der Waals surface area (Å²) in [6.45, 7) is 5.61. The number of benzene rings is 4. The van der Waals surface area contributed by atoms with Gasteiger partial charge in [-0.05, 0) is 48.1 Å². The van der Waals surface area contributed by atoms with Crippen LogP contribution in [0.25, 0.3) is 11.1 Å². The fraction of sp³-hybridized carbons (Fsp3) is 0.206. The molecule has 188 valence electrons. The number of nitrogens with zero attached hydrogens (tertiary/aromatic N) is 1. The fourth-order valence-electron chi connectivity index (χ4n) is 4.53. The highest BCUT2D eigenvalue weighted by atomic mass is 16.5. The van der Waals surface area contributed by atoms with Crippen LogP contribution in [0.4, 0.5) is 0 Å². The van der Waals surface area contributed by atoms with Gasteiger partial charge in [0.2, 0.25) is 0 Å². The van der Waals surface area contributed by atoms with Gasteiger partial charge in [0.25, 0.3) is 0 Å². The Balaban J connectivity index is 1.66. The first-order valence-electron chi connectivity index (χ1n) is 12.9. The molecule has 0 heterocycles. The minimum Gasteiger partial charge on any atom is -0.463 e. The Bertz CT molecular complexity index is 1220. The molecule has 0 aromatic heterocycles. The Hall–Kier alpha value is -3.95.